The van der Waals surface area contributed by atoms with Gasteiger partial charge in [0.15, 0.2) is 6.61 Å². The first-order valence-electron chi connectivity index (χ1n) is 12.6. The molecule has 0 N–H and O–H groups in total. The molecule has 38 heavy (non-hydrogen) atoms. The summed E-state index contributed by atoms with van der Waals surface area (Å²) in [4.78, 5) is 28.7. The van der Waals surface area contributed by atoms with Crippen LogP contribution < -0.4 is 4.74 Å². The van der Waals surface area contributed by atoms with Gasteiger partial charge < -0.3 is 14.2 Å². The van der Waals surface area contributed by atoms with Gasteiger partial charge in [-0.05, 0) is 79.1 Å². The van der Waals surface area contributed by atoms with Gasteiger partial charge in [0, 0.05) is 27.0 Å². The van der Waals surface area contributed by atoms with Gasteiger partial charge in [0.05, 0.1) is 18.8 Å². The Kier molecular flexibility index (Phi) is 8.93. The van der Waals surface area contributed by atoms with Gasteiger partial charge in [-0.15, -0.1) is 0 Å². The van der Waals surface area contributed by atoms with Crippen molar-refractivity contribution in [2.75, 3.05) is 6.61 Å². The monoisotopic (exact) mass is 548 g/mol. The molecule has 0 saturated carbocycles. The zero-order valence-corrected chi connectivity index (χ0v) is 23.2. The smallest absolute Gasteiger partial charge is 0.265 e. The molecule has 0 unspecified atom stereocenters. The van der Waals surface area contributed by atoms with Crippen molar-refractivity contribution in [1.29, 1.82) is 0 Å². The lowest BCUT2D eigenvalue weighted by Gasteiger charge is -2.24. The van der Waals surface area contributed by atoms with E-state index in [4.69, 9.17) is 27.9 Å². The lowest BCUT2D eigenvalue weighted by molar-refractivity contribution is -0.131. The molecule has 0 spiro atoms. The van der Waals surface area contributed by atoms with E-state index in [-0.39, 0.29) is 18.3 Å². The first kappa shape index (κ1) is 27.5. The molecule has 7 heteroatoms. The number of benzene rings is 2. The normalized spacial score (nSPS) is 14.1. The lowest BCUT2D eigenvalue weighted by atomic mass is 10.0. The van der Waals surface area contributed by atoms with Crippen molar-refractivity contribution >= 4 is 34.9 Å². The second-order valence-corrected chi connectivity index (χ2v) is 9.62. The standard InChI is InChI=1S/C29H24Cl2N2O3.C2H6/c1-19-15-22(31)9-13-25(19)29(35)27-14-10-23-17-33(26-6-4-2-3-5-20(26)16-32(23)27)28(34)18-36-24-11-7-21(30)8-12-24;1-2/h2-3,5-15H,4,16-18H2,1H3;1-2H3. The van der Waals surface area contributed by atoms with Crippen molar-refractivity contribution in [3.8, 4) is 5.75 Å². The van der Waals surface area contributed by atoms with Crippen molar-refractivity contribution in [3.05, 3.63) is 123 Å². The van der Waals surface area contributed by atoms with Crippen LogP contribution in [0.25, 0.3) is 0 Å². The van der Waals surface area contributed by atoms with Crippen LogP contribution >= 0.6 is 23.2 Å². The molecule has 1 amide bonds. The maximum absolute atomic E-state index is 13.5. The van der Waals surface area contributed by atoms with E-state index in [9.17, 15) is 9.59 Å². The second-order valence-electron chi connectivity index (χ2n) is 8.75. The van der Waals surface area contributed by atoms with E-state index in [0.717, 1.165) is 22.5 Å². The molecule has 0 radical (unpaired) electrons. The number of hydrogen-bond acceptors (Lipinski definition) is 3. The maximum Gasteiger partial charge on any atom is 0.265 e. The summed E-state index contributed by atoms with van der Waals surface area (Å²) in [5, 5.41) is 1.20. The number of amides is 1. The number of halogens is 2. The van der Waals surface area contributed by atoms with E-state index < -0.39 is 0 Å². The van der Waals surface area contributed by atoms with Crippen LogP contribution in [0.5, 0.6) is 5.75 Å². The van der Waals surface area contributed by atoms with Crippen molar-refractivity contribution < 1.29 is 14.3 Å². The molecule has 1 aliphatic carbocycles. The van der Waals surface area contributed by atoms with Gasteiger partial charge in [-0.1, -0.05) is 61.4 Å². The molecule has 2 aliphatic rings. The number of fused-ring (bicyclic) bond motifs is 2. The Morgan fingerprint density at radius 2 is 1.68 bits per heavy atom. The number of hydrogen-bond donors (Lipinski definition) is 0. The number of ketones is 1. The summed E-state index contributed by atoms with van der Waals surface area (Å²) >= 11 is 12.1. The van der Waals surface area contributed by atoms with Crippen LogP contribution in [0.15, 0.2) is 90.2 Å². The molecule has 5 nitrogen and oxygen atoms in total. The topological polar surface area (TPSA) is 51.5 Å². The molecule has 1 aromatic heterocycles. The Morgan fingerprint density at radius 3 is 2.42 bits per heavy atom. The number of rotatable bonds is 5. The van der Waals surface area contributed by atoms with E-state index in [2.05, 4.69) is 0 Å². The van der Waals surface area contributed by atoms with Gasteiger partial charge in [0.1, 0.15) is 5.75 Å². The van der Waals surface area contributed by atoms with Crippen LogP contribution in [-0.2, 0) is 17.9 Å². The van der Waals surface area contributed by atoms with Crippen LogP contribution in [0, 0.1) is 6.92 Å². The highest BCUT2D eigenvalue weighted by Crippen LogP contribution is 2.30. The van der Waals surface area contributed by atoms with Crippen LogP contribution in [0.2, 0.25) is 10.0 Å². The SMILES string of the molecule is CC.Cc1cc(Cl)ccc1C(=O)c1ccc2n1CC1=CC=CCC=C1N(C(=O)COc1ccc(Cl)cc1)C2. The summed E-state index contributed by atoms with van der Waals surface area (Å²) < 4.78 is 7.76. The Hall–Kier alpha value is -3.54. The number of ether oxygens (including phenoxy) is 1. The number of carbonyl (C=O) groups excluding carboxylic acids is 2. The number of aromatic nitrogens is 1. The zero-order valence-electron chi connectivity index (χ0n) is 21.7. The zero-order chi connectivity index (χ0) is 27.2. The summed E-state index contributed by atoms with van der Waals surface area (Å²) in [6.07, 6.45) is 8.80. The van der Waals surface area contributed by atoms with Crippen molar-refractivity contribution in [2.24, 2.45) is 0 Å². The molecule has 2 aromatic carbocycles. The summed E-state index contributed by atoms with van der Waals surface area (Å²) in [5.41, 5.74) is 4.69. The Morgan fingerprint density at radius 1 is 0.947 bits per heavy atom. The largest absolute Gasteiger partial charge is 0.484 e. The summed E-state index contributed by atoms with van der Waals surface area (Å²) in [7, 11) is 0. The third kappa shape index (κ3) is 5.95. The van der Waals surface area contributed by atoms with Gasteiger partial charge in [0.2, 0.25) is 5.78 Å². The Labute approximate surface area is 233 Å². The average Bonchev–Trinajstić information content (AvgIpc) is 3.07. The molecule has 1 aliphatic heterocycles. The number of carbonyl (C=O) groups is 2. The van der Waals surface area contributed by atoms with Crippen molar-refractivity contribution in [3.63, 3.8) is 0 Å². The quantitative estimate of drug-likeness (QED) is 0.309. The van der Waals surface area contributed by atoms with Crippen LogP contribution in [0.4, 0.5) is 0 Å². The van der Waals surface area contributed by atoms with E-state index >= 15 is 0 Å². The molecule has 0 bridgehead atoms. The molecular formula is C31H30Cl2N2O3. The average molecular weight is 549 g/mol. The van der Waals surface area contributed by atoms with E-state index in [1.54, 1.807) is 47.4 Å². The molecule has 2 heterocycles. The van der Waals surface area contributed by atoms with Gasteiger partial charge >= 0.3 is 0 Å². The third-order valence-corrected chi connectivity index (χ3v) is 6.85. The fraction of sp³-hybridized carbons (Fsp3) is 0.226. The summed E-state index contributed by atoms with van der Waals surface area (Å²) in [6.45, 7) is 6.58. The van der Waals surface area contributed by atoms with Crippen molar-refractivity contribution in [2.45, 2.75) is 40.3 Å². The minimum absolute atomic E-state index is 0.0726. The summed E-state index contributed by atoms with van der Waals surface area (Å²) in [6, 6.07) is 16.0. The van der Waals surface area contributed by atoms with Gasteiger partial charge in [-0.25, -0.2) is 0 Å². The Balaban J connectivity index is 0.00000164. The fourth-order valence-corrected chi connectivity index (χ4v) is 4.88. The highest BCUT2D eigenvalue weighted by Gasteiger charge is 2.29. The Bertz CT molecular complexity index is 1430. The van der Waals surface area contributed by atoms with Gasteiger partial charge in [-0.3, -0.25) is 9.59 Å². The van der Waals surface area contributed by atoms with Gasteiger partial charge in [0.25, 0.3) is 5.91 Å². The maximum atomic E-state index is 13.5. The molecule has 0 saturated heterocycles. The molecule has 0 fully saturated rings. The first-order chi connectivity index (χ1) is 18.4. The lowest BCUT2D eigenvalue weighted by Crippen LogP contribution is -2.34. The first-order valence-corrected chi connectivity index (χ1v) is 13.4. The predicted octanol–water partition coefficient (Wildman–Crippen LogP) is 7.55. The predicted molar refractivity (Wildman–Crippen MR) is 153 cm³/mol. The van der Waals surface area contributed by atoms with Gasteiger partial charge in [-0.2, -0.15) is 0 Å². The molecular weight excluding hydrogens is 519 g/mol. The minimum Gasteiger partial charge on any atom is -0.484 e. The van der Waals surface area contributed by atoms with E-state index in [0.29, 0.717) is 46.6 Å². The third-order valence-electron chi connectivity index (χ3n) is 6.36. The highest BCUT2D eigenvalue weighted by atomic mass is 35.5. The van der Waals surface area contributed by atoms with Crippen molar-refractivity contribution in [1.82, 2.24) is 9.47 Å². The minimum atomic E-state index is -0.167. The van der Waals surface area contributed by atoms with Crippen LogP contribution in [0.3, 0.4) is 0 Å². The number of aryl methyl sites for hydroxylation is 1. The molecule has 5 rings (SSSR count). The number of allylic oxidation sites excluding steroid dienone is 5. The molecule has 0 atom stereocenters. The fourth-order valence-electron chi connectivity index (χ4n) is 4.52. The van der Waals surface area contributed by atoms with E-state index in [1.165, 1.54) is 0 Å². The molecule has 3 aromatic rings. The summed E-state index contributed by atoms with van der Waals surface area (Å²) in [5.74, 6) is 0.334. The number of nitrogens with zero attached hydrogens (tertiary/aromatic N) is 2. The molecule has 196 valence electrons. The van der Waals surface area contributed by atoms with Crippen LogP contribution in [-0.4, -0.2) is 27.8 Å². The highest BCUT2D eigenvalue weighted by molar-refractivity contribution is 6.31. The van der Waals surface area contributed by atoms with Crippen LogP contribution in [0.1, 0.15) is 47.6 Å². The van der Waals surface area contributed by atoms with E-state index in [1.807, 2.05) is 61.8 Å². The second kappa shape index (κ2) is 12.3.